The second-order valence-electron chi connectivity index (χ2n) is 6.39. The largest absolute Gasteiger partial charge is 0.350 e. The number of benzene rings is 2. The molecule has 0 radical (unpaired) electrons. The van der Waals surface area contributed by atoms with Crippen LogP contribution in [-0.4, -0.2) is 28.0 Å². The maximum Gasteiger partial charge on any atom is 0.258 e. The fourth-order valence-electron chi connectivity index (χ4n) is 2.50. The third-order valence-corrected chi connectivity index (χ3v) is 3.68. The molecule has 138 valence electrons. The van der Waals surface area contributed by atoms with Gasteiger partial charge in [-0.05, 0) is 50.2 Å². The molecule has 2 aromatic carbocycles. The zero-order valence-corrected chi connectivity index (χ0v) is 15.3. The number of nitrogens with one attached hydrogen (secondary N) is 2. The van der Waals surface area contributed by atoms with Gasteiger partial charge < -0.3 is 15.2 Å². The summed E-state index contributed by atoms with van der Waals surface area (Å²) < 4.78 is 5.34. The maximum absolute atomic E-state index is 12.2. The third kappa shape index (κ3) is 4.58. The molecule has 0 saturated carbocycles. The van der Waals surface area contributed by atoms with Crippen molar-refractivity contribution in [2.45, 2.75) is 26.8 Å². The molecule has 0 atom stereocenters. The maximum atomic E-state index is 12.2. The van der Waals surface area contributed by atoms with Crippen molar-refractivity contribution in [3.8, 4) is 22.8 Å². The SMILES string of the molecule is CC(=O)Nc1ccc(-c2nc(-c3cccc(C(=O)NC(C)C)c3)no2)cc1. The van der Waals surface area contributed by atoms with Gasteiger partial charge in [-0.25, -0.2) is 0 Å². The Bertz CT molecular complexity index is 961. The molecule has 0 spiro atoms. The minimum Gasteiger partial charge on any atom is -0.350 e. The number of amides is 2. The van der Waals surface area contributed by atoms with Gasteiger partial charge in [0.05, 0.1) is 0 Å². The molecule has 0 aliphatic heterocycles. The number of aromatic nitrogens is 2. The summed E-state index contributed by atoms with van der Waals surface area (Å²) in [5, 5.41) is 9.56. The van der Waals surface area contributed by atoms with Crippen molar-refractivity contribution in [3.63, 3.8) is 0 Å². The van der Waals surface area contributed by atoms with Crippen LogP contribution in [0.25, 0.3) is 22.8 Å². The van der Waals surface area contributed by atoms with Gasteiger partial charge in [0.25, 0.3) is 11.8 Å². The van der Waals surface area contributed by atoms with Crippen LogP contribution < -0.4 is 10.6 Å². The molecule has 2 N–H and O–H groups in total. The average Bonchev–Trinajstić information content (AvgIpc) is 3.11. The van der Waals surface area contributed by atoms with E-state index in [2.05, 4.69) is 20.8 Å². The number of anilines is 1. The Morgan fingerprint density at radius 1 is 1.04 bits per heavy atom. The second-order valence-corrected chi connectivity index (χ2v) is 6.39. The van der Waals surface area contributed by atoms with Crippen LogP contribution in [0.1, 0.15) is 31.1 Å². The monoisotopic (exact) mass is 364 g/mol. The molecule has 1 aromatic heterocycles. The Labute approximate surface area is 156 Å². The van der Waals surface area contributed by atoms with Crippen LogP contribution in [0, 0.1) is 0 Å². The highest BCUT2D eigenvalue weighted by Gasteiger charge is 2.13. The summed E-state index contributed by atoms with van der Waals surface area (Å²) in [5.41, 5.74) is 2.65. The quantitative estimate of drug-likeness (QED) is 0.722. The van der Waals surface area contributed by atoms with Crippen molar-refractivity contribution in [2.75, 3.05) is 5.32 Å². The van der Waals surface area contributed by atoms with Gasteiger partial charge in [-0.1, -0.05) is 17.3 Å². The fourth-order valence-corrected chi connectivity index (χ4v) is 2.50. The molecule has 7 nitrogen and oxygen atoms in total. The predicted molar refractivity (Wildman–Crippen MR) is 102 cm³/mol. The summed E-state index contributed by atoms with van der Waals surface area (Å²) in [4.78, 5) is 27.7. The van der Waals surface area contributed by atoms with Crippen molar-refractivity contribution in [2.24, 2.45) is 0 Å². The minimum absolute atomic E-state index is 0.0541. The van der Waals surface area contributed by atoms with Gasteiger partial charge in [-0.3, -0.25) is 9.59 Å². The van der Waals surface area contributed by atoms with Crippen molar-refractivity contribution >= 4 is 17.5 Å². The number of hydrogen-bond donors (Lipinski definition) is 2. The van der Waals surface area contributed by atoms with Gasteiger partial charge in [0.1, 0.15) is 0 Å². The normalized spacial score (nSPS) is 10.7. The number of carbonyl (C=O) groups is 2. The van der Waals surface area contributed by atoms with Crippen molar-refractivity contribution in [1.82, 2.24) is 15.5 Å². The lowest BCUT2D eigenvalue weighted by Crippen LogP contribution is -2.30. The van der Waals surface area contributed by atoms with Crippen LogP contribution in [0.4, 0.5) is 5.69 Å². The van der Waals surface area contributed by atoms with Gasteiger partial charge in [-0.2, -0.15) is 4.98 Å². The van der Waals surface area contributed by atoms with E-state index in [1.807, 2.05) is 19.9 Å². The standard InChI is InChI=1S/C20H20N4O3/c1-12(2)21-19(26)16-6-4-5-15(11-16)18-23-20(27-24-18)14-7-9-17(10-8-14)22-13(3)25/h4-12H,1-3H3,(H,21,26)(H,22,25). The Morgan fingerprint density at radius 2 is 1.78 bits per heavy atom. The van der Waals surface area contributed by atoms with E-state index in [4.69, 9.17) is 4.52 Å². The Balaban J connectivity index is 1.81. The van der Waals surface area contributed by atoms with E-state index in [0.717, 1.165) is 5.56 Å². The molecule has 27 heavy (non-hydrogen) atoms. The van der Waals surface area contributed by atoms with Crippen LogP contribution in [-0.2, 0) is 4.79 Å². The zero-order valence-electron chi connectivity index (χ0n) is 15.3. The minimum atomic E-state index is -0.149. The highest BCUT2D eigenvalue weighted by molar-refractivity contribution is 5.95. The number of carbonyl (C=O) groups excluding carboxylic acids is 2. The zero-order chi connectivity index (χ0) is 19.4. The summed E-state index contributed by atoms with van der Waals surface area (Å²) in [6, 6.07) is 14.2. The van der Waals surface area contributed by atoms with Gasteiger partial charge in [0, 0.05) is 35.3 Å². The molecule has 7 heteroatoms. The first-order valence-corrected chi connectivity index (χ1v) is 8.55. The fraction of sp³-hybridized carbons (Fsp3) is 0.200. The molecule has 3 aromatic rings. The molecule has 2 amide bonds. The van der Waals surface area contributed by atoms with Crippen molar-refractivity contribution < 1.29 is 14.1 Å². The van der Waals surface area contributed by atoms with E-state index in [9.17, 15) is 9.59 Å². The van der Waals surface area contributed by atoms with E-state index in [1.54, 1.807) is 42.5 Å². The highest BCUT2D eigenvalue weighted by atomic mass is 16.5. The molecule has 0 bridgehead atoms. The van der Waals surface area contributed by atoms with Gasteiger partial charge in [-0.15, -0.1) is 0 Å². The average molecular weight is 364 g/mol. The first kappa shape index (κ1) is 18.3. The molecule has 0 aliphatic rings. The number of nitrogens with zero attached hydrogens (tertiary/aromatic N) is 2. The highest BCUT2D eigenvalue weighted by Crippen LogP contribution is 2.24. The second kappa shape index (κ2) is 7.82. The summed E-state index contributed by atoms with van der Waals surface area (Å²) in [5.74, 6) is 0.472. The van der Waals surface area contributed by atoms with Crippen molar-refractivity contribution in [1.29, 1.82) is 0 Å². The Hall–Kier alpha value is -3.48. The predicted octanol–water partition coefficient (Wildman–Crippen LogP) is 3.50. The first-order chi connectivity index (χ1) is 12.9. The molecule has 0 saturated heterocycles. The number of hydrogen-bond acceptors (Lipinski definition) is 5. The van der Waals surface area contributed by atoms with Crippen LogP contribution >= 0.6 is 0 Å². The molecule has 0 unspecified atom stereocenters. The Kier molecular flexibility index (Phi) is 5.30. The first-order valence-electron chi connectivity index (χ1n) is 8.55. The molecule has 0 fully saturated rings. The van der Waals surface area contributed by atoms with E-state index in [0.29, 0.717) is 28.5 Å². The van der Waals surface area contributed by atoms with Gasteiger partial charge in [0.2, 0.25) is 11.7 Å². The van der Waals surface area contributed by atoms with Crippen LogP contribution in [0.3, 0.4) is 0 Å². The molecular weight excluding hydrogens is 344 g/mol. The smallest absolute Gasteiger partial charge is 0.258 e. The third-order valence-electron chi connectivity index (χ3n) is 3.68. The number of rotatable bonds is 5. The Morgan fingerprint density at radius 3 is 2.44 bits per heavy atom. The van der Waals surface area contributed by atoms with E-state index in [1.165, 1.54) is 6.92 Å². The van der Waals surface area contributed by atoms with Gasteiger partial charge in [0.15, 0.2) is 0 Å². The molecule has 3 rings (SSSR count). The molecule has 0 aliphatic carbocycles. The van der Waals surface area contributed by atoms with Crippen molar-refractivity contribution in [3.05, 3.63) is 54.1 Å². The van der Waals surface area contributed by atoms with E-state index >= 15 is 0 Å². The summed E-state index contributed by atoms with van der Waals surface area (Å²) >= 11 is 0. The summed E-state index contributed by atoms with van der Waals surface area (Å²) in [6.07, 6.45) is 0. The van der Waals surface area contributed by atoms with Crippen LogP contribution in [0.5, 0.6) is 0 Å². The van der Waals surface area contributed by atoms with E-state index < -0.39 is 0 Å². The molecular formula is C20H20N4O3. The molecule has 1 heterocycles. The lowest BCUT2D eigenvalue weighted by Gasteiger charge is -2.08. The summed E-state index contributed by atoms with van der Waals surface area (Å²) in [6.45, 7) is 5.27. The lowest BCUT2D eigenvalue weighted by molar-refractivity contribution is -0.114. The van der Waals surface area contributed by atoms with Crippen LogP contribution in [0.2, 0.25) is 0 Å². The van der Waals surface area contributed by atoms with Crippen LogP contribution in [0.15, 0.2) is 53.1 Å². The van der Waals surface area contributed by atoms with E-state index in [-0.39, 0.29) is 17.9 Å². The lowest BCUT2D eigenvalue weighted by atomic mass is 10.1. The summed E-state index contributed by atoms with van der Waals surface area (Å²) in [7, 11) is 0. The van der Waals surface area contributed by atoms with Gasteiger partial charge >= 0.3 is 0 Å². The topological polar surface area (TPSA) is 97.1 Å².